The molecule has 0 aromatic heterocycles. The molecular weight excluding hydrogens is 149 g/mol. The molecule has 0 heterocycles. The Labute approximate surface area is 99.4 Å². The molecule has 0 saturated carbocycles. The minimum atomic E-state index is -0.995. The van der Waals surface area contributed by atoms with Crippen LogP contribution in [0.3, 0.4) is 0 Å². The smallest absolute Gasteiger partial charge is 1.00 e. The Morgan fingerprint density at radius 1 is 1.50 bits per heavy atom. The maximum absolute atomic E-state index is 9.26. The summed E-state index contributed by atoms with van der Waals surface area (Å²) >= 11 is 0. The number of hydrogen-bond acceptors (Lipinski definition) is 2. The van der Waals surface area contributed by atoms with Gasteiger partial charge in [0.15, 0.2) is 0 Å². The van der Waals surface area contributed by atoms with Gasteiger partial charge in [0.05, 0.1) is 0 Å². The zero-order valence-corrected chi connectivity index (χ0v) is 10.2. The monoisotopic (exact) mass is 154 g/mol. The first-order chi connectivity index (χ1) is 2.27. The maximum atomic E-state index is 9.26. The molecule has 0 fully saturated rings. The average Bonchev–Trinajstić information content (AvgIpc) is 1.38. The minimum Gasteiger partial charge on any atom is -1.00 e. The van der Waals surface area contributed by atoms with Gasteiger partial charge in [-0.1, -0.05) is 6.92 Å². The van der Waals surface area contributed by atoms with Gasteiger partial charge in [0, 0.05) is 5.97 Å². The van der Waals surface area contributed by atoms with Crippen LogP contribution in [-0.4, -0.2) is 5.97 Å². The van der Waals surface area contributed by atoms with Crippen molar-refractivity contribution in [1.82, 2.24) is 0 Å². The molecule has 8 heavy (non-hydrogen) atoms. The summed E-state index contributed by atoms with van der Waals surface area (Å²) in [7, 11) is 0. The molecule has 0 amide bonds. The first-order valence-corrected chi connectivity index (χ1v) is 1.47. The van der Waals surface area contributed by atoms with Crippen LogP contribution in [0.25, 0.3) is 0 Å². The third-order valence-electron chi connectivity index (χ3n) is 0.289. The van der Waals surface area contributed by atoms with Crippen LogP contribution in [0.15, 0.2) is 0 Å². The summed E-state index contributed by atoms with van der Waals surface area (Å²) in [4.78, 5) is 9.26. The minimum absolute atomic E-state index is 0. The summed E-state index contributed by atoms with van der Waals surface area (Å²) in [6, 6.07) is 0. The van der Waals surface area contributed by atoms with Gasteiger partial charge in [0.1, 0.15) is 0 Å². The van der Waals surface area contributed by atoms with E-state index in [2.05, 4.69) is 0 Å². The molecule has 38 valence electrons. The van der Waals surface area contributed by atoms with Crippen molar-refractivity contribution in [2.24, 2.45) is 0 Å². The fraction of sp³-hybridized carbons (Fsp3) is 0.667. The van der Waals surface area contributed by atoms with Gasteiger partial charge in [-0.25, -0.2) is 0 Å². The molecule has 0 unspecified atom stereocenters. The van der Waals surface area contributed by atoms with Gasteiger partial charge in [-0.05, 0) is 6.42 Å². The second-order valence-corrected chi connectivity index (χ2v) is 0.726. The Morgan fingerprint density at radius 2 is 1.62 bits per heavy atom. The molecule has 0 aliphatic heterocycles. The quantitative estimate of drug-likeness (QED) is 0.352. The van der Waals surface area contributed by atoms with Gasteiger partial charge in [-0.15, -0.1) is 0 Å². The van der Waals surface area contributed by atoms with Crippen LogP contribution in [0.5, 0.6) is 0 Å². The SMILES string of the molecule is CCC(=O)[O-].[Cl-].[Na+].[Na+]. The van der Waals surface area contributed by atoms with E-state index in [4.69, 9.17) is 0 Å². The summed E-state index contributed by atoms with van der Waals surface area (Å²) < 4.78 is 0. The molecule has 0 aromatic rings. The molecule has 0 radical (unpaired) electrons. The molecule has 0 spiro atoms. The largest absolute Gasteiger partial charge is 1.00 e. The second-order valence-electron chi connectivity index (χ2n) is 0.726. The van der Waals surface area contributed by atoms with E-state index in [9.17, 15) is 9.90 Å². The molecule has 0 aliphatic rings. The summed E-state index contributed by atoms with van der Waals surface area (Å²) in [6.07, 6.45) is 0.111. The van der Waals surface area contributed by atoms with E-state index in [1.807, 2.05) is 0 Å². The van der Waals surface area contributed by atoms with Crippen LogP contribution in [0.2, 0.25) is 0 Å². The summed E-state index contributed by atoms with van der Waals surface area (Å²) in [6.45, 7) is 1.54. The van der Waals surface area contributed by atoms with Crippen molar-refractivity contribution in [1.29, 1.82) is 0 Å². The van der Waals surface area contributed by atoms with E-state index in [-0.39, 0.29) is 77.9 Å². The van der Waals surface area contributed by atoms with Crippen LogP contribution in [0.1, 0.15) is 13.3 Å². The van der Waals surface area contributed by atoms with Crippen molar-refractivity contribution < 1.29 is 81.4 Å². The molecule has 0 saturated heterocycles. The van der Waals surface area contributed by atoms with Crippen LogP contribution in [0, 0.1) is 0 Å². The topological polar surface area (TPSA) is 40.1 Å². The summed E-state index contributed by atoms with van der Waals surface area (Å²) in [5, 5.41) is 9.26. The third kappa shape index (κ3) is 25.1. The fourth-order valence-corrected chi connectivity index (χ4v) is 0. The Kier molecular flexibility index (Phi) is 44.9. The van der Waals surface area contributed by atoms with Crippen molar-refractivity contribution in [2.45, 2.75) is 13.3 Å². The Morgan fingerprint density at radius 3 is 1.62 bits per heavy atom. The Balaban J connectivity index is -0.0000000267. The molecule has 0 rings (SSSR count). The van der Waals surface area contributed by atoms with E-state index < -0.39 is 5.97 Å². The van der Waals surface area contributed by atoms with Crippen molar-refractivity contribution in [3.8, 4) is 0 Å². The van der Waals surface area contributed by atoms with Gasteiger partial charge < -0.3 is 22.3 Å². The Hall–Kier alpha value is 1.76. The third-order valence-corrected chi connectivity index (χ3v) is 0.289. The summed E-state index contributed by atoms with van der Waals surface area (Å²) in [5.74, 6) is -0.995. The summed E-state index contributed by atoms with van der Waals surface area (Å²) in [5.41, 5.74) is 0. The number of halogens is 1. The van der Waals surface area contributed by atoms with Gasteiger partial charge >= 0.3 is 59.1 Å². The molecule has 0 atom stereocenters. The molecule has 2 nitrogen and oxygen atoms in total. The number of aliphatic carboxylic acids is 1. The molecular formula is C3H5ClNa2O2. The predicted molar refractivity (Wildman–Crippen MR) is 15.3 cm³/mol. The van der Waals surface area contributed by atoms with Crippen LogP contribution in [-0.2, 0) is 4.79 Å². The Bertz CT molecular complexity index is 50.5. The number of carboxylic acid groups (broad SMARTS) is 1. The van der Waals surface area contributed by atoms with E-state index in [0.717, 1.165) is 0 Å². The van der Waals surface area contributed by atoms with Crippen molar-refractivity contribution in [3.05, 3.63) is 0 Å². The average molecular weight is 155 g/mol. The number of hydrogen-bond donors (Lipinski definition) is 0. The second kappa shape index (κ2) is 15.9. The van der Waals surface area contributed by atoms with Gasteiger partial charge in [-0.2, -0.15) is 0 Å². The zero-order valence-electron chi connectivity index (χ0n) is 5.40. The number of rotatable bonds is 1. The van der Waals surface area contributed by atoms with Gasteiger partial charge in [0.25, 0.3) is 0 Å². The van der Waals surface area contributed by atoms with E-state index >= 15 is 0 Å². The number of carbonyl (C=O) groups is 1. The molecule has 5 heteroatoms. The van der Waals surface area contributed by atoms with Crippen molar-refractivity contribution >= 4 is 5.97 Å². The first kappa shape index (κ1) is 22.6. The molecule has 0 aromatic carbocycles. The fourth-order valence-electron chi connectivity index (χ4n) is 0. The molecule has 0 aliphatic carbocycles. The van der Waals surface area contributed by atoms with Crippen molar-refractivity contribution in [2.75, 3.05) is 0 Å². The normalized spacial score (nSPS) is 4.62. The van der Waals surface area contributed by atoms with Crippen LogP contribution < -0.4 is 76.6 Å². The van der Waals surface area contributed by atoms with E-state index in [1.54, 1.807) is 0 Å². The van der Waals surface area contributed by atoms with Crippen molar-refractivity contribution in [3.63, 3.8) is 0 Å². The van der Waals surface area contributed by atoms with E-state index in [0.29, 0.717) is 0 Å². The number of carbonyl (C=O) groups excluding carboxylic acids is 1. The molecule has 0 N–H and O–H groups in total. The maximum Gasteiger partial charge on any atom is 1.00 e. The number of carboxylic acids is 1. The predicted octanol–water partition coefficient (Wildman–Crippen LogP) is -9.84. The first-order valence-electron chi connectivity index (χ1n) is 1.47. The van der Waals surface area contributed by atoms with Gasteiger partial charge in [0.2, 0.25) is 0 Å². The van der Waals surface area contributed by atoms with Crippen LogP contribution >= 0.6 is 0 Å². The van der Waals surface area contributed by atoms with Crippen LogP contribution in [0.4, 0.5) is 0 Å². The van der Waals surface area contributed by atoms with Gasteiger partial charge in [-0.3, -0.25) is 0 Å². The zero-order chi connectivity index (χ0) is 4.28. The molecule has 0 bridgehead atoms. The van der Waals surface area contributed by atoms with E-state index in [1.165, 1.54) is 6.92 Å². The standard InChI is InChI=1S/C3H6O2.ClH.2Na/c1-2-3(4)5;;;/h2H2,1H3,(H,4,5);1H;;/q;;2*+1/p-2.